The second kappa shape index (κ2) is 7.07. The monoisotopic (exact) mass is 368 g/mol. The Morgan fingerprint density at radius 3 is 1.95 bits per heavy atom. The van der Waals surface area contributed by atoms with E-state index in [1.807, 2.05) is 30.3 Å². The highest BCUT2D eigenvalue weighted by Gasteiger charge is 2.10. The van der Waals surface area contributed by atoms with Gasteiger partial charge >= 0.3 is 0 Å². The number of benzene rings is 2. The molecule has 0 radical (unpaired) electrons. The summed E-state index contributed by atoms with van der Waals surface area (Å²) in [5, 5.41) is 1.59. The van der Waals surface area contributed by atoms with Crippen LogP contribution >= 0.6 is 39.1 Å². The number of ketones is 1. The zero-order chi connectivity index (χ0) is 14.5. The van der Waals surface area contributed by atoms with E-state index >= 15 is 0 Å². The first-order chi connectivity index (χ1) is 9.60. The average molecular weight is 370 g/mol. The van der Waals surface area contributed by atoms with Crippen molar-refractivity contribution in [2.24, 2.45) is 0 Å². The van der Waals surface area contributed by atoms with Crippen LogP contribution in [-0.2, 0) is 4.79 Å². The van der Waals surface area contributed by atoms with E-state index in [2.05, 4.69) is 15.9 Å². The number of halogens is 3. The molecule has 0 amide bonds. The summed E-state index contributed by atoms with van der Waals surface area (Å²) in [6.07, 6.45) is 1.85. The van der Waals surface area contributed by atoms with Crippen LogP contribution < -0.4 is 0 Å². The molecule has 0 aromatic heterocycles. The van der Waals surface area contributed by atoms with Gasteiger partial charge in [0.2, 0.25) is 0 Å². The summed E-state index contributed by atoms with van der Waals surface area (Å²) in [5.41, 5.74) is 2.41. The minimum Gasteiger partial charge on any atom is -0.293 e. The van der Waals surface area contributed by atoms with Crippen LogP contribution in [0.1, 0.15) is 11.1 Å². The maximum Gasteiger partial charge on any atom is 0.173 e. The third-order valence-corrected chi connectivity index (χ3v) is 3.77. The summed E-state index contributed by atoms with van der Waals surface area (Å²) in [7, 11) is 0. The van der Waals surface area contributed by atoms with Crippen molar-refractivity contribution in [2.45, 2.75) is 0 Å². The molecule has 0 heterocycles. The zero-order valence-electron chi connectivity index (χ0n) is 10.4. The quantitative estimate of drug-likeness (QED) is 0.395. The lowest BCUT2D eigenvalue weighted by atomic mass is 10.00. The Hall–Kier alpha value is -1.09. The molecule has 4 heteroatoms. The Morgan fingerprint density at radius 2 is 1.45 bits per heavy atom. The Morgan fingerprint density at radius 1 is 0.950 bits per heavy atom. The summed E-state index contributed by atoms with van der Waals surface area (Å²) < 4.78 is 0. The van der Waals surface area contributed by atoms with Gasteiger partial charge in [-0.15, -0.1) is 0 Å². The molecule has 2 aromatic rings. The first-order valence-electron chi connectivity index (χ1n) is 5.92. The fraction of sp³-hybridized carbons (Fsp3) is 0.0625. The summed E-state index contributed by atoms with van der Waals surface area (Å²) in [4.78, 5) is 12.1. The normalized spacial score (nSPS) is 11.4. The number of alkyl halides is 1. The van der Waals surface area contributed by atoms with Gasteiger partial charge in [-0.25, -0.2) is 0 Å². The highest BCUT2D eigenvalue weighted by atomic mass is 79.9. The molecule has 0 saturated heterocycles. The number of carbonyl (C=O) groups excluding carboxylic acids is 1. The highest BCUT2D eigenvalue weighted by Crippen LogP contribution is 2.23. The van der Waals surface area contributed by atoms with Crippen LogP contribution in [0.3, 0.4) is 0 Å². The molecule has 0 N–H and O–H groups in total. The van der Waals surface area contributed by atoms with Crippen LogP contribution in [0, 0.1) is 0 Å². The predicted molar refractivity (Wildman–Crippen MR) is 89.6 cm³/mol. The van der Waals surface area contributed by atoms with Crippen LogP contribution in [0.15, 0.2) is 48.5 Å². The highest BCUT2D eigenvalue weighted by molar-refractivity contribution is 9.09. The lowest BCUT2D eigenvalue weighted by Gasteiger charge is -2.06. The largest absolute Gasteiger partial charge is 0.293 e. The lowest BCUT2D eigenvalue weighted by Crippen LogP contribution is -2.02. The van der Waals surface area contributed by atoms with Crippen molar-refractivity contribution >= 4 is 56.6 Å². The molecule has 0 unspecified atom stereocenters. The van der Waals surface area contributed by atoms with Gasteiger partial charge in [0.25, 0.3) is 0 Å². The van der Waals surface area contributed by atoms with Gasteiger partial charge in [0.1, 0.15) is 0 Å². The van der Waals surface area contributed by atoms with Crippen LogP contribution in [0.4, 0.5) is 0 Å². The van der Waals surface area contributed by atoms with Gasteiger partial charge in [-0.3, -0.25) is 4.79 Å². The molecular formula is C16H11BrCl2O. The maximum atomic E-state index is 12.1. The molecule has 0 spiro atoms. The fourth-order valence-corrected chi connectivity index (χ4v) is 2.31. The van der Waals surface area contributed by atoms with E-state index in [1.54, 1.807) is 24.3 Å². The molecule has 2 rings (SSSR count). The summed E-state index contributed by atoms with van der Waals surface area (Å²) >= 11 is 15.0. The molecule has 1 nitrogen and oxygen atoms in total. The van der Waals surface area contributed by atoms with Crippen LogP contribution in [-0.4, -0.2) is 11.1 Å². The molecule has 2 aromatic carbocycles. The molecular weight excluding hydrogens is 359 g/mol. The molecule has 20 heavy (non-hydrogen) atoms. The van der Waals surface area contributed by atoms with Crippen molar-refractivity contribution in [2.75, 3.05) is 5.33 Å². The second-order valence-electron chi connectivity index (χ2n) is 4.17. The van der Waals surface area contributed by atoms with E-state index in [0.717, 1.165) is 11.1 Å². The van der Waals surface area contributed by atoms with Gasteiger partial charge in [-0.2, -0.15) is 0 Å². The van der Waals surface area contributed by atoms with Crippen molar-refractivity contribution < 1.29 is 4.79 Å². The van der Waals surface area contributed by atoms with Crippen molar-refractivity contribution in [3.8, 4) is 0 Å². The second-order valence-corrected chi connectivity index (χ2v) is 5.61. The molecule has 0 aliphatic rings. The summed E-state index contributed by atoms with van der Waals surface area (Å²) in [5.74, 6) is 0.0160. The van der Waals surface area contributed by atoms with Gasteiger partial charge in [0.15, 0.2) is 5.78 Å². The van der Waals surface area contributed by atoms with Crippen molar-refractivity contribution in [1.82, 2.24) is 0 Å². The van der Waals surface area contributed by atoms with Gasteiger partial charge in [-0.05, 0) is 41.5 Å². The first-order valence-corrected chi connectivity index (χ1v) is 7.80. The van der Waals surface area contributed by atoms with Gasteiger partial charge in [-0.1, -0.05) is 63.4 Å². The third kappa shape index (κ3) is 3.95. The summed E-state index contributed by atoms with van der Waals surface area (Å²) in [6.45, 7) is 0. The fourth-order valence-electron chi connectivity index (χ4n) is 1.75. The van der Waals surface area contributed by atoms with E-state index in [0.29, 0.717) is 15.6 Å². The predicted octanol–water partition coefficient (Wildman–Crippen LogP) is 5.50. The molecule has 0 atom stereocenters. The van der Waals surface area contributed by atoms with Crippen LogP contribution in [0.25, 0.3) is 11.6 Å². The summed E-state index contributed by atoms with van der Waals surface area (Å²) in [6, 6.07) is 14.6. The smallest absolute Gasteiger partial charge is 0.173 e. The molecule has 0 aliphatic carbocycles. The molecule has 102 valence electrons. The molecule has 0 bridgehead atoms. The Balaban J connectivity index is 2.44. The Bertz CT molecular complexity index is 631. The minimum atomic E-state index is 0.0160. The number of hydrogen-bond acceptors (Lipinski definition) is 1. The zero-order valence-corrected chi connectivity index (χ0v) is 13.5. The van der Waals surface area contributed by atoms with Gasteiger partial charge in [0, 0.05) is 15.6 Å². The number of allylic oxidation sites excluding steroid dienone is 1. The van der Waals surface area contributed by atoms with E-state index < -0.39 is 0 Å². The number of hydrogen-bond donors (Lipinski definition) is 0. The number of Topliss-reactive ketones (excluding diaryl/α,β-unsaturated/α-hetero) is 1. The number of rotatable bonds is 4. The topological polar surface area (TPSA) is 17.1 Å². The van der Waals surface area contributed by atoms with E-state index in [9.17, 15) is 4.79 Å². The lowest BCUT2D eigenvalue weighted by molar-refractivity contribution is -0.111. The molecule has 0 aliphatic heterocycles. The van der Waals surface area contributed by atoms with Crippen molar-refractivity contribution in [3.05, 3.63) is 69.7 Å². The minimum absolute atomic E-state index is 0.0160. The van der Waals surface area contributed by atoms with Gasteiger partial charge < -0.3 is 0 Å². The van der Waals surface area contributed by atoms with Crippen LogP contribution in [0.2, 0.25) is 10.0 Å². The average Bonchev–Trinajstić information content (AvgIpc) is 2.47. The van der Waals surface area contributed by atoms with E-state index in [-0.39, 0.29) is 11.1 Å². The Kier molecular flexibility index (Phi) is 5.41. The van der Waals surface area contributed by atoms with E-state index in [1.165, 1.54) is 0 Å². The van der Waals surface area contributed by atoms with Crippen molar-refractivity contribution in [3.63, 3.8) is 0 Å². The Labute approximate surface area is 136 Å². The maximum absolute atomic E-state index is 12.1. The van der Waals surface area contributed by atoms with Crippen molar-refractivity contribution in [1.29, 1.82) is 0 Å². The first kappa shape index (κ1) is 15.3. The SMILES string of the molecule is O=C(CBr)/C(=C/c1ccc(Cl)cc1)c1ccc(Cl)cc1. The van der Waals surface area contributed by atoms with E-state index in [4.69, 9.17) is 23.2 Å². The van der Waals surface area contributed by atoms with Gasteiger partial charge in [0.05, 0.1) is 5.33 Å². The van der Waals surface area contributed by atoms with Crippen LogP contribution in [0.5, 0.6) is 0 Å². The molecule has 0 saturated carbocycles. The number of carbonyl (C=O) groups is 1. The molecule has 0 fully saturated rings. The standard InChI is InChI=1S/C16H11BrCl2O/c17-10-16(20)15(12-3-7-14(19)8-4-12)9-11-1-5-13(18)6-2-11/h1-9H,10H2/b15-9+. The third-order valence-electron chi connectivity index (χ3n) is 2.76.